The fourth-order valence-electron chi connectivity index (χ4n) is 7.85. The molecule has 0 unspecified atom stereocenters. The van der Waals surface area contributed by atoms with Gasteiger partial charge in [-0.25, -0.2) is 4.68 Å². The van der Waals surface area contributed by atoms with Crippen LogP contribution in [0, 0.1) is 35.0 Å². The van der Waals surface area contributed by atoms with E-state index in [0.717, 1.165) is 43.9 Å². The van der Waals surface area contributed by atoms with Crippen LogP contribution in [0.25, 0.3) is 0 Å². The smallest absolute Gasteiger partial charge is 0.160 e. The summed E-state index contributed by atoms with van der Waals surface area (Å²) in [5.41, 5.74) is -0.356. The first-order chi connectivity index (χ1) is 14.7. The maximum absolute atomic E-state index is 13.4. The third-order valence-corrected chi connectivity index (χ3v) is 9.52. The standard InChI is InChI=1S/C26H43N3O2/c1-5-6-12-25(3,31)17-19-7-8-21-20(16-19)11-13-26(4)22(21)9-10-23(26)24(30)18(2)29-15-14-27-28-29/h14-15,18-23,31H,5-13,16-17H2,1-4H3/t18-,19-,20-,21-,22+,23-,25-,26+/m1/s1. The summed E-state index contributed by atoms with van der Waals surface area (Å²) in [5.74, 6) is 3.43. The van der Waals surface area contributed by atoms with Crippen LogP contribution >= 0.6 is 0 Å². The number of aromatic nitrogens is 3. The lowest BCUT2D eigenvalue weighted by Crippen LogP contribution is -2.46. The van der Waals surface area contributed by atoms with Crippen LogP contribution in [0.2, 0.25) is 0 Å². The molecule has 3 aliphatic carbocycles. The van der Waals surface area contributed by atoms with Crippen LogP contribution in [0.1, 0.15) is 104 Å². The van der Waals surface area contributed by atoms with Crippen molar-refractivity contribution >= 4 is 5.78 Å². The lowest BCUT2D eigenvalue weighted by Gasteiger charge is -2.52. The number of rotatable bonds is 8. The van der Waals surface area contributed by atoms with Crippen molar-refractivity contribution in [2.45, 2.75) is 110 Å². The highest BCUT2D eigenvalue weighted by Crippen LogP contribution is 2.62. The Kier molecular flexibility index (Phi) is 6.63. The quantitative estimate of drug-likeness (QED) is 0.584. The number of carbonyl (C=O) groups excluding carboxylic acids is 1. The normalized spacial score (nSPS) is 38.2. The number of Topliss-reactive ketones (excluding diaryl/α,β-unsaturated/α-hetero) is 1. The number of hydrogen-bond donors (Lipinski definition) is 1. The summed E-state index contributed by atoms with van der Waals surface area (Å²) >= 11 is 0. The molecule has 5 heteroatoms. The minimum absolute atomic E-state index is 0.145. The first-order valence-corrected chi connectivity index (χ1v) is 12.9. The second kappa shape index (κ2) is 8.96. The molecule has 3 aliphatic rings. The Morgan fingerprint density at radius 3 is 2.81 bits per heavy atom. The molecule has 0 aliphatic heterocycles. The Morgan fingerprint density at radius 1 is 1.29 bits per heavy atom. The van der Waals surface area contributed by atoms with Gasteiger partial charge in [-0.3, -0.25) is 4.79 Å². The number of fused-ring (bicyclic) bond motifs is 3. The summed E-state index contributed by atoms with van der Waals surface area (Å²) in [6, 6.07) is -0.220. The van der Waals surface area contributed by atoms with Gasteiger partial charge < -0.3 is 5.11 Å². The summed E-state index contributed by atoms with van der Waals surface area (Å²) in [5, 5.41) is 18.8. The highest BCUT2D eigenvalue weighted by Gasteiger charge is 2.57. The fourth-order valence-corrected chi connectivity index (χ4v) is 7.85. The van der Waals surface area contributed by atoms with Crippen molar-refractivity contribution in [1.29, 1.82) is 0 Å². The second-order valence-corrected chi connectivity index (χ2v) is 11.6. The average Bonchev–Trinajstić information content (AvgIpc) is 3.39. The summed E-state index contributed by atoms with van der Waals surface area (Å²) < 4.78 is 1.72. The highest BCUT2D eigenvalue weighted by atomic mass is 16.3. The van der Waals surface area contributed by atoms with Gasteiger partial charge in [0, 0.05) is 12.1 Å². The molecule has 31 heavy (non-hydrogen) atoms. The molecule has 0 amide bonds. The molecule has 0 radical (unpaired) electrons. The molecule has 174 valence electrons. The number of aliphatic hydroxyl groups is 1. The maximum atomic E-state index is 13.4. The Labute approximate surface area is 188 Å². The Bertz CT molecular complexity index is 746. The van der Waals surface area contributed by atoms with Crippen LogP contribution in [-0.4, -0.2) is 31.5 Å². The van der Waals surface area contributed by atoms with Gasteiger partial charge in [0.1, 0.15) is 6.04 Å². The molecule has 0 aromatic carbocycles. The predicted molar refractivity (Wildman–Crippen MR) is 122 cm³/mol. The number of ketones is 1. The van der Waals surface area contributed by atoms with E-state index >= 15 is 0 Å². The van der Waals surface area contributed by atoms with Gasteiger partial charge in [0.05, 0.1) is 11.8 Å². The van der Waals surface area contributed by atoms with Crippen LogP contribution in [0.5, 0.6) is 0 Å². The van der Waals surface area contributed by atoms with Crippen LogP contribution in [-0.2, 0) is 4.79 Å². The zero-order chi connectivity index (χ0) is 22.2. The van der Waals surface area contributed by atoms with E-state index in [9.17, 15) is 9.90 Å². The number of hydrogen-bond acceptors (Lipinski definition) is 4. The van der Waals surface area contributed by atoms with E-state index in [1.54, 1.807) is 10.9 Å². The molecule has 0 bridgehead atoms. The predicted octanol–water partition coefficient (Wildman–Crippen LogP) is 5.60. The van der Waals surface area contributed by atoms with Crippen molar-refractivity contribution in [2.24, 2.45) is 35.0 Å². The van der Waals surface area contributed by atoms with Gasteiger partial charge in [0.25, 0.3) is 0 Å². The molecular weight excluding hydrogens is 386 g/mol. The summed E-state index contributed by atoms with van der Waals surface area (Å²) in [6.07, 6.45) is 16.2. The van der Waals surface area contributed by atoms with Gasteiger partial charge >= 0.3 is 0 Å². The van der Waals surface area contributed by atoms with Crippen LogP contribution in [0.3, 0.4) is 0 Å². The second-order valence-electron chi connectivity index (χ2n) is 11.6. The molecule has 1 aromatic heterocycles. The molecule has 1 aromatic rings. The van der Waals surface area contributed by atoms with E-state index in [-0.39, 0.29) is 17.4 Å². The fraction of sp³-hybridized carbons (Fsp3) is 0.885. The molecule has 8 atom stereocenters. The van der Waals surface area contributed by atoms with E-state index in [0.29, 0.717) is 17.6 Å². The van der Waals surface area contributed by atoms with E-state index in [1.165, 1.54) is 38.5 Å². The molecule has 3 fully saturated rings. The minimum atomic E-state index is -0.501. The summed E-state index contributed by atoms with van der Waals surface area (Å²) in [4.78, 5) is 13.4. The zero-order valence-corrected chi connectivity index (χ0v) is 20.1. The third kappa shape index (κ3) is 4.49. The topological polar surface area (TPSA) is 68.0 Å². The molecule has 1 N–H and O–H groups in total. The van der Waals surface area contributed by atoms with E-state index in [1.807, 2.05) is 13.1 Å². The first-order valence-electron chi connectivity index (χ1n) is 12.9. The Hall–Kier alpha value is -1.23. The Balaban J connectivity index is 1.40. The highest BCUT2D eigenvalue weighted by molar-refractivity contribution is 5.85. The minimum Gasteiger partial charge on any atom is -0.390 e. The van der Waals surface area contributed by atoms with Gasteiger partial charge in [-0.05, 0) is 94.3 Å². The molecule has 3 saturated carbocycles. The van der Waals surface area contributed by atoms with Crippen molar-refractivity contribution < 1.29 is 9.90 Å². The van der Waals surface area contributed by atoms with Crippen molar-refractivity contribution in [3.8, 4) is 0 Å². The van der Waals surface area contributed by atoms with E-state index < -0.39 is 5.60 Å². The monoisotopic (exact) mass is 429 g/mol. The SMILES string of the molecule is CCCC[C@@](C)(O)C[C@@H]1CC[C@@H]2[C@H](CC[C@]3(C)[C@@H](C(=O)[C@@H](C)n4ccnn4)CC[C@@H]23)C1. The van der Waals surface area contributed by atoms with Crippen molar-refractivity contribution in [3.05, 3.63) is 12.4 Å². The summed E-state index contributed by atoms with van der Waals surface area (Å²) in [6.45, 7) is 8.65. The van der Waals surface area contributed by atoms with Gasteiger partial charge in [-0.2, -0.15) is 0 Å². The lowest BCUT2D eigenvalue weighted by atomic mass is 9.53. The van der Waals surface area contributed by atoms with Crippen molar-refractivity contribution in [1.82, 2.24) is 15.0 Å². The Morgan fingerprint density at radius 2 is 2.10 bits per heavy atom. The summed E-state index contributed by atoms with van der Waals surface area (Å²) in [7, 11) is 0. The van der Waals surface area contributed by atoms with E-state index in [4.69, 9.17) is 0 Å². The van der Waals surface area contributed by atoms with Gasteiger partial charge in [-0.1, -0.05) is 38.3 Å². The molecule has 1 heterocycles. The molecular formula is C26H43N3O2. The molecule has 0 saturated heterocycles. The maximum Gasteiger partial charge on any atom is 0.160 e. The van der Waals surface area contributed by atoms with Crippen LogP contribution in [0.4, 0.5) is 0 Å². The number of carbonyl (C=O) groups is 1. The molecule has 0 spiro atoms. The van der Waals surface area contributed by atoms with Crippen molar-refractivity contribution in [3.63, 3.8) is 0 Å². The van der Waals surface area contributed by atoms with Gasteiger partial charge in [0.15, 0.2) is 5.78 Å². The van der Waals surface area contributed by atoms with Gasteiger partial charge in [-0.15, -0.1) is 5.10 Å². The first kappa shape index (κ1) is 22.9. The molecule has 4 rings (SSSR count). The van der Waals surface area contributed by atoms with Crippen LogP contribution < -0.4 is 0 Å². The third-order valence-electron chi connectivity index (χ3n) is 9.52. The van der Waals surface area contributed by atoms with Gasteiger partial charge in [0.2, 0.25) is 0 Å². The largest absolute Gasteiger partial charge is 0.390 e. The number of unbranched alkanes of at least 4 members (excludes halogenated alkanes) is 1. The molecule has 5 nitrogen and oxygen atoms in total. The van der Waals surface area contributed by atoms with E-state index in [2.05, 4.69) is 31.1 Å². The average molecular weight is 430 g/mol. The number of nitrogens with zero attached hydrogens (tertiary/aromatic N) is 3. The zero-order valence-electron chi connectivity index (χ0n) is 20.1. The van der Waals surface area contributed by atoms with Crippen LogP contribution in [0.15, 0.2) is 12.4 Å². The van der Waals surface area contributed by atoms with Crippen molar-refractivity contribution in [2.75, 3.05) is 0 Å². The lowest BCUT2D eigenvalue weighted by molar-refractivity contribution is -0.132.